The molecule has 2 unspecified atom stereocenters. The van der Waals surface area contributed by atoms with Gasteiger partial charge in [-0.3, -0.25) is 24.2 Å². The maximum Gasteiger partial charge on any atom is 0.255 e. The molecule has 1 saturated carbocycles. The standard InChI is InChI=1S/C33H41N3O8/c1-6-36(7-2)15-16-8-11-23(44-5)19(12-16)18-9-10-22(37)25-20(18)13-17-14-21-27(35(3)4)29(39)26(32(34)42)31(41)33(21,43)30(40)24(17)28(25)38/h8-12,17,21-22,25,27,37,40-41,43H,6-7,13-15H2,1-5H3,(H2,34,42)/t17-,21-,22?,25?,27+,33-/m0/s1. The number of aliphatic hydroxyl groups is 4. The lowest BCUT2D eigenvalue weighted by molar-refractivity contribution is -0.137. The predicted molar refractivity (Wildman–Crippen MR) is 162 cm³/mol. The number of aliphatic hydroxyl groups excluding tert-OH is 3. The van der Waals surface area contributed by atoms with Crippen molar-refractivity contribution in [2.45, 2.75) is 51.0 Å². The van der Waals surface area contributed by atoms with E-state index in [4.69, 9.17) is 10.5 Å². The topological polar surface area (TPSA) is 174 Å². The van der Waals surface area contributed by atoms with Crippen molar-refractivity contribution in [3.63, 3.8) is 0 Å². The molecule has 11 nitrogen and oxygen atoms in total. The molecule has 5 rings (SSSR count). The molecule has 44 heavy (non-hydrogen) atoms. The molecule has 11 heteroatoms. The third-order valence-corrected chi connectivity index (χ3v) is 9.79. The second kappa shape index (κ2) is 11.6. The third kappa shape index (κ3) is 4.70. The molecule has 0 heterocycles. The van der Waals surface area contributed by atoms with Crippen molar-refractivity contribution in [2.75, 3.05) is 34.3 Å². The molecule has 236 valence electrons. The van der Waals surface area contributed by atoms with Gasteiger partial charge in [0.05, 0.1) is 25.2 Å². The van der Waals surface area contributed by atoms with Crippen LogP contribution in [0.1, 0.15) is 37.8 Å². The van der Waals surface area contributed by atoms with Gasteiger partial charge in [-0.2, -0.15) is 0 Å². The van der Waals surface area contributed by atoms with Gasteiger partial charge in [-0.05, 0) is 74.8 Å². The van der Waals surface area contributed by atoms with Crippen molar-refractivity contribution in [2.24, 2.45) is 23.5 Å². The van der Waals surface area contributed by atoms with Gasteiger partial charge >= 0.3 is 0 Å². The normalized spacial score (nSPS) is 30.2. The molecule has 0 aliphatic heterocycles. The Morgan fingerprint density at radius 3 is 2.39 bits per heavy atom. The Balaban J connectivity index is 1.68. The number of nitrogens with zero attached hydrogens (tertiary/aromatic N) is 2. The number of ketones is 2. The van der Waals surface area contributed by atoms with E-state index in [1.807, 2.05) is 18.2 Å². The van der Waals surface area contributed by atoms with Crippen molar-refractivity contribution in [3.05, 3.63) is 69.7 Å². The molecule has 1 aromatic rings. The first-order valence-corrected chi connectivity index (χ1v) is 14.9. The van der Waals surface area contributed by atoms with E-state index in [1.165, 1.54) is 11.0 Å². The minimum atomic E-state index is -2.59. The van der Waals surface area contributed by atoms with E-state index in [1.54, 1.807) is 27.3 Å². The number of benzene rings is 1. The molecular formula is C33H41N3O8. The molecule has 0 bridgehead atoms. The van der Waals surface area contributed by atoms with Crippen LogP contribution < -0.4 is 10.5 Å². The summed E-state index contributed by atoms with van der Waals surface area (Å²) in [5, 5.41) is 45.6. The largest absolute Gasteiger partial charge is 0.508 e. The van der Waals surface area contributed by atoms with Crippen LogP contribution in [-0.2, 0) is 20.9 Å². The van der Waals surface area contributed by atoms with E-state index < -0.39 is 70.1 Å². The fraction of sp³-hybridized carbons (Fsp3) is 0.485. The number of nitrogens with two attached hydrogens (primary N) is 1. The summed E-state index contributed by atoms with van der Waals surface area (Å²) in [6.07, 6.45) is 2.39. The van der Waals surface area contributed by atoms with Crippen molar-refractivity contribution in [1.82, 2.24) is 9.80 Å². The number of methoxy groups -OCH3 is 1. The van der Waals surface area contributed by atoms with Crippen molar-refractivity contribution >= 4 is 23.0 Å². The number of allylic oxidation sites excluding steroid dienone is 3. The minimum absolute atomic E-state index is 0.0365. The number of ether oxygens (including phenoxy) is 1. The van der Waals surface area contributed by atoms with Gasteiger partial charge in [0.15, 0.2) is 17.2 Å². The lowest BCUT2D eigenvalue weighted by Gasteiger charge is -2.51. The average molecular weight is 608 g/mol. The van der Waals surface area contributed by atoms with Gasteiger partial charge in [0.25, 0.3) is 5.91 Å². The quantitative estimate of drug-likeness (QED) is 0.274. The zero-order valence-electron chi connectivity index (χ0n) is 25.7. The van der Waals surface area contributed by atoms with Gasteiger partial charge in [0.2, 0.25) is 0 Å². The van der Waals surface area contributed by atoms with Gasteiger partial charge in [0.1, 0.15) is 22.8 Å². The molecule has 1 fully saturated rings. The average Bonchev–Trinajstić information content (AvgIpc) is 2.97. The van der Waals surface area contributed by atoms with Crippen LogP contribution in [0.25, 0.3) is 5.57 Å². The van der Waals surface area contributed by atoms with Crippen molar-refractivity contribution in [1.29, 1.82) is 0 Å². The summed E-state index contributed by atoms with van der Waals surface area (Å²) >= 11 is 0. The summed E-state index contributed by atoms with van der Waals surface area (Å²) in [7, 11) is 4.74. The van der Waals surface area contributed by atoms with Crippen molar-refractivity contribution in [3.8, 4) is 5.75 Å². The lowest BCUT2D eigenvalue weighted by atomic mass is 9.56. The van der Waals surface area contributed by atoms with Crippen LogP contribution in [0.5, 0.6) is 5.75 Å². The highest BCUT2D eigenvalue weighted by atomic mass is 16.5. The van der Waals surface area contributed by atoms with E-state index in [9.17, 15) is 34.8 Å². The number of carbonyl (C=O) groups is 3. The third-order valence-electron chi connectivity index (χ3n) is 9.79. The number of Topliss-reactive ketones (excluding diaryl/α,β-unsaturated/α-hetero) is 2. The van der Waals surface area contributed by atoms with Crippen LogP contribution >= 0.6 is 0 Å². The molecule has 6 atom stereocenters. The Labute approximate surface area is 256 Å². The Bertz CT molecular complexity index is 1530. The summed E-state index contributed by atoms with van der Waals surface area (Å²) in [4.78, 5) is 43.6. The predicted octanol–water partition coefficient (Wildman–Crippen LogP) is 1.80. The number of hydrogen-bond acceptors (Lipinski definition) is 10. The summed E-state index contributed by atoms with van der Waals surface area (Å²) < 4.78 is 5.72. The molecule has 1 amide bonds. The molecule has 0 radical (unpaired) electrons. The lowest BCUT2D eigenvalue weighted by Crippen LogP contribution is -2.63. The number of primary amides is 1. The SMILES string of the molecule is CCN(CC)Cc1ccc(OC)c(C2=C3C[C@H]4C[C@H]5[C@@H](N(C)C)C(=O)C(C(N)=O)=C(O)[C@@]5(O)C(O)=C4C(=O)C3C(O)C=C2)c1. The second-order valence-electron chi connectivity index (χ2n) is 12.3. The first-order chi connectivity index (χ1) is 20.8. The van der Waals surface area contributed by atoms with Crippen LogP contribution in [0.2, 0.25) is 0 Å². The maximum atomic E-state index is 14.2. The highest BCUT2D eigenvalue weighted by Crippen LogP contribution is 2.55. The highest BCUT2D eigenvalue weighted by Gasteiger charge is 2.63. The summed E-state index contributed by atoms with van der Waals surface area (Å²) in [6, 6.07) is 4.80. The monoisotopic (exact) mass is 607 g/mol. The molecule has 4 aliphatic rings. The van der Waals surface area contributed by atoms with Crippen LogP contribution in [0.3, 0.4) is 0 Å². The van der Waals surface area contributed by atoms with E-state index >= 15 is 0 Å². The molecule has 6 N–H and O–H groups in total. The fourth-order valence-electron chi connectivity index (χ4n) is 7.59. The zero-order chi connectivity index (χ0) is 32.2. The van der Waals surface area contributed by atoms with Gasteiger partial charge < -0.3 is 30.9 Å². The first-order valence-electron chi connectivity index (χ1n) is 14.9. The second-order valence-corrected chi connectivity index (χ2v) is 12.3. The van der Waals surface area contributed by atoms with E-state index in [0.717, 1.165) is 36.3 Å². The molecular weight excluding hydrogens is 566 g/mol. The Kier molecular flexibility index (Phi) is 8.36. The van der Waals surface area contributed by atoms with Crippen LogP contribution in [0, 0.1) is 17.8 Å². The van der Waals surface area contributed by atoms with Gasteiger partial charge in [-0.15, -0.1) is 0 Å². The van der Waals surface area contributed by atoms with E-state index in [-0.39, 0.29) is 18.4 Å². The smallest absolute Gasteiger partial charge is 0.255 e. The van der Waals surface area contributed by atoms with Gasteiger partial charge in [-0.1, -0.05) is 32.1 Å². The molecule has 0 aromatic heterocycles. The first kappa shape index (κ1) is 31.6. The molecule has 1 aromatic carbocycles. The number of likely N-dealkylation sites (N-methyl/N-ethyl adjacent to an activating group) is 1. The summed E-state index contributed by atoms with van der Waals surface area (Å²) in [5.74, 6) is -6.68. The highest BCUT2D eigenvalue weighted by molar-refractivity contribution is 6.22. The maximum absolute atomic E-state index is 14.2. The number of hydrogen-bond donors (Lipinski definition) is 5. The fourth-order valence-corrected chi connectivity index (χ4v) is 7.59. The molecule has 0 spiro atoms. The molecule has 4 aliphatic carbocycles. The van der Waals surface area contributed by atoms with Crippen LogP contribution in [0.4, 0.5) is 0 Å². The zero-order valence-corrected chi connectivity index (χ0v) is 25.7. The van der Waals surface area contributed by atoms with Crippen molar-refractivity contribution < 1.29 is 39.5 Å². The minimum Gasteiger partial charge on any atom is -0.508 e. The number of rotatable bonds is 8. The Morgan fingerprint density at radius 1 is 1.11 bits per heavy atom. The van der Waals surface area contributed by atoms with E-state index in [0.29, 0.717) is 11.3 Å². The van der Waals surface area contributed by atoms with E-state index in [2.05, 4.69) is 18.7 Å². The molecule has 0 saturated heterocycles. The van der Waals surface area contributed by atoms with Crippen LogP contribution in [-0.4, -0.2) is 99.7 Å². The van der Waals surface area contributed by atoms with Gasteiger partial charge in [0, 0.05) is 23.6 Å². The Hall–Kier alpha value is -3.77. The van der Waals surface area contributed by atoms with Crippen LogP contribution in [0.15, 0.2) is 58.6 Å². The number of fused-ring (bicyclic) bond motifs is 3. The summed E-state index contributed by atoms with van der Waals surface area (Å²) in [6.45, 7) is 6.67. The van der Waals surface area contributed by atoms with Gasteiger partial charge in [-0.25, -0.2) is 0 Å². The Morgan fingerprint density at radius 2 is 1.80 bits per heavy atom. The number of carbonyl (C=O) groups excluding carboxylic acids is 3. The number of amides is 1. The summed E-state index contributed by atoms with van der Waals surface area (Å²) in [5.41, 5.74) is 5.11.